The van der Waals surface area contributed by atoms with Gasteiger partial charge in [-0.2, -0.15) is 4.90 Å². The molecule has 0 amide bonds. The molecule has 0 saturated heterocycles. The Morgan fingerprint density at radius 2 is 1.90 bits per heavy atom. The maximum absolute atomic E-state index is 4.96. The summed E-state index contributed by atoms with van der Waals surface area (Å²) < 4.78 is 1.06. The summed E-state index contributed by atoms with van der Waals surface area (Å²) in [7, 11) is 0. The molecule has 0 aliphatic carbocycles. The van der Waals surface area contributed by atoms with Gasteiger partial charge in [0.1, 0.15) is 0 Å². The molecule has 0 aromatic heterocycles. The third-order valence-electron chi connectivity index (χ3n) is 1.02. The molecule has 0 bridgehead atoms. The zero-order chi connectivity index (χ0) is 6.85. The summed E-state index contributed by atoms with van der Waals surface area (Å²) in [5.74, 6) is 0. The monoisotopic (exact) mass is 224 g/mol. The molecular formula is C7H6BrNaS. The van der Waals surface area contributed by atoms with Gasteiger partial charge in [-0.15, -0.1) is 0 Å². The number of rotatable bonds is 0. The molecule has 1 rings (SSSR count). The quantitative estimate of drug-likeness (QED) is 0.430. The Morgan fingerprint density at radius 3 is 2.30 bits per heavy atom. The minimum absolute atomic E-state index is 0. The van der Waals surface area contributed by atoms with Gasteiger partial charge >= 0.3 is 29.6 Å². The molecule has 0 saturated carbocycles. The summed E-state index contributed by atoms with van der Waals surface area (Å²) >= 11 is 8.30. The Kier molecular flexibility index (Phi) is 5.16. The number of halogens is 1. The second-order valence-electron chi connectivity index (χ2n) is 1.96. The van der Waals surface area contributed by atoms with Crippen LogP contribution in [-0.4, -0.2) is 0 Å². The molecule has 0 nitrogen and oxygen atoms in total. The second kappa shape index (κ2) is 4.73. The number of benzene rings is 1. The van der Waals surface area contributed by atoms with Crippen molar-refractivity contribution in [3.63, 3.8) is 0 Å². The molecule has 0 radical (unpaired) electrons. The smallest absolute Gasteiger partial charge is 0.780 e. The van der Waals surface area contributed by atoms with Crippen molar-refractivity contribution in [2.45, 2.75) is 11.8 Å². The SMILES string of the molecule is Cc1cc([S-])cc(Br)c1.[Na+]. The van der Waals surface area contributed by atoms with Crippen molar-refractivity contribution in [1.82, 2.24) is 0 Å². The van der Waals surface area contributed by atoms with Crippen molar-refractivity contribution in [3.8, 4) is 0 Å². The van der Waals surface area contributed by atoms with E-state index >= 15 is 0 Å². The molecule has 0 aliphatic heterocycles. The first kappa shape index (κ1) is 10.9. The van der Waals surface area contributed by atoms with Crippen molar-refractivity contribution in [2.24, 2.45) is 0 Å². The van der Waals surface area contributed by atoms with Crippen LogP contribution >= 0.6 is 15.9 Å². The van der Waals surface area contributed by atoms with E-state index in [0.29, 0.717) is 0 Å². The van der Waals surface area contributed by atoms with Crippen molar-refractivity contribution in [2.75, 3.05) is 0 Å². The Hall–Kier alpha value is 0.920. The molecule has 1 aromatic rings. The summed E-state index contributed by atoms with van der Waals surface area (Å²) in [5.41, 5.74) is 1.20. The van der Waals surface area contributed by atoms with Gasteiger partial charge in [-0.25, -0.2) is 0 Å². The van der Waals surface area contributed by atoms with Crippen LogP contribution in [0, 0.1) is 6.92 Å². The summed E-state index contributed by atoms with van der Waals surface area (Å²) in [5, 5.41) is 0. The fourth-order valence-corrected chi connectivity index (χ4v) is 1.77. The van der Waals surface area contributed by atoms with Crippen molar-refractivity contribution >= 4 is 28.6 Å². The van der Waals surface area contributed by atoms with Crippen molar-refractivity contribution < 1.29 is 29.6 Å². The third kappa shape index (κ3) is 3.35. The van der Waals surface area contributed by atoms with Gasteiger partial charge in [0.2, 0.25) is 0 Å². The van der Waals surface area contributed by atoms with Crippen molar-refractivity contribution in [1.29, 1.82) is 0 Å². The predicted molar refractivity (Wildman–Crippen MR) is 44.5 cm³/mol. The van der Waals surface area contributed by atoms with E-state index in [1.54, 1.807) is 0 Å². The van der Waals surface area contributed by atoms with Crippen LogP contribution in [0.3, 0.4) is 0 Å². The zero-order valence-corrected chi connectivity index (χ0v) is 10.4. The largest absolute Gasteiger partial charge is 1.00 e. The minimum atomic E-state index is 0. The van der Waals surface area contributed by atoms with Gasteiger partial charge in [-0.1, -0.05) is 33.6 Å². The van der Waals surface area contributed by atoms with E-state index in [-0.39, 0.29) is 29.6 Å². The van der Waals surface area contributed by atoms with Gasteiger partial charge < -0.3 is 12.6 Å². The van der Waals surface area contributed by atoms with Crippen molar-refractivity contribution in [3.05, 3.63) is 28.2 Å². The van der Waals surface area contributed by atoms with Gasteiger partial charge in [-0.3, -0.25) is 0 Å². The van der Waals surface area contributed by atoms with Crippen LogP contribution in [0.4, 0.5) is 0 Å². The fourth-order valence-electron chi connectivity index (χ4n) is 0.703. The van der Waals surface area contributed by atoms with E-state index < -0.39 is 0 Å². The maximum Gasteiger partial charge on any atom is 1.00 e. The van der Waals surface area contributed by atoms with E-state index in [0.717, 1.165) is 9.37 Å². The average molecular weight is 225 g/mol. The zero-order valence-electron chi connectivity index (χ0n) is 6.02. The molecule has 0 atom stereocenters. The van der Waals surface area contributed by atoms with Crippen LogP contribution in [-0.2, 0) is 12.6 Å². The van der Waals surface area contributed by atoms with Gasteiger partial charge in [0, 0.05) is 4.47 Å². The van der Waals surface area contributed by atoms with E-state index in [9.17, 15) is 0 Å². The molecule has 0 unspecified atom stereocenters. The van der Waals surface area contributed by atoms with Gasteiger partial charge in [0.05, 0.1) is 0 Å². The van der Waals surface area contributed by atoms with Crippen LogP contribution in [0.5, 0.6) is 0 Å². The fraction of sp³-hybridized carbons (Fsp3) is 0.143. The van der Waals surface area contributed by atoms with Crippen LogP contribution in [0.1, 0.15) is 5.56 Å². The van der Waals surface area contributed by atoms with Crippen LogP contribution < -0.4 is 29.6 Å². The van der Waals surface area contributed by atoms with Gasteiger partial charge in [0.15, 0.2) is 0 Å². The first-order valence-corrected chi connectivity index (χ1v) is 3.83. The van der Waals surface area contributed by atoms with E-state index in [1.165, 1.54) is 5.56 Å². The third-order valence-corrected chi connectivity index (χ3v) is 1.71. The summed E-state index contributed by atoms with van der Waals surface area (Å²) in [4.78, 5) is 0.891. The topological polar surface area (TPSA) is 0 Å². The Balaban J connectivity index is 0.000000810. The van der Waals surface area contributed by atoms with Crippen LogP contribution in [0.2, 0.25) is 0 Å². The Morgan fingerprint density at radius 1 is 1.30 bits per heavy atom. The maximum atomic E-state index is 4.96. The Bertz CT molecular complexity index is 174. The standard InChI is InChI=1S/C7H7BrS.Na/c1-5-2-6(8)4-7(9)3-5;/h2-4,9H,1H3;/q;+1/p-1. The molecule has 0 aliphatic rings. The normalized spacial score (nSPS) is 8.60. The molecule has 10 heavy (non-hydrogen) atoms. The van der Waals surface area contributed by atoms with Gasteiger partial charge in [-0.05, 0) is 13.0 Å². The number of hydrogen-bond donors (Lipinski definition) is 0. The van der Waals surface area contributed by atoms with E-state index in [2.05, 4.69) is 15.9 Å². The average Bonchev–Trinajstić information content (AvgIpc) is 1.59. The summed E-state index contributed by atoms with van der Waals surface area (Å²) in [6.07, 6.45) is 0. The van der Waals surface area contributed by atoms with Crippen LogP contribution in [0.15, 0.2) is 27.6 Å². The minimum Gasteiger partial charge on any atom is -0.780 e. The first-order valence-electron chi connectivity index (χ1n) is 2.63. The molecule has 48 valence electrons. The molecule has 3 heteroatoms. The second-order valence-corrected chi connectivity index (χ2v) is 3.35. The summed E-state index contributed by atoms with van der Waals surface area (Å²) in [6, 6.07) is 5.93. The number of aryl methyl sites for hydroxylation is 1. The first-order chi connectivity index (χ1) is 4.18. The molecule has 0 N–H and O–H groups in total. The molecule has 0 spiro atoms. The van der Waals surface area contributed by atoms with E-state index in [4.69, 9.17) is 12.6 Å². The molecule has 0 heterocycles. The molecule has 0 fully saturated rings. The molecular weight excluding hydrogens is 219 g/mol. The summed E-state index contributed by atoms with van der Waals surface area (Å²) in [6.45, 7) is 2.03. The van der Waals surface area contributed by atoms with E-state index in [1.807, 2.05) is 25.1 Å². The molecule has 1 aromatic carbocycles. The van der Waals surface area contributed by atoms with Gasteiger partial charge in [0.25, 0.3) is 0 Å². The predicted octanol–water partition coefficient (Wildman–Crippen LogP) is -0.333. The number of hydrogen-bond acceptors (Lipinski definition) is 1. The van der Waals surface area contributed by atoms with Crippen LogP contribution in [0.25, 0.3) is 0 Å². The Labute approximate surface area is 97.2 Å².